The fraction of sp³-hybridized carbons (Fsp3) is 0.521. The average molecular weight is 2000 g/mol. The van der Waals surface area contributed by atoms with E-state index in [1.807, 2.05) is 0 Å². The number of hydrogen-bond acceptors (Lipinski definition) is 25. The molecule has 0 saturated carbocycles. The van der Waals surface area contributed by atoms with E-state index >= 15 is 38.4 Å². The van der Waals surface area contributed by atoms with Gasteiger partial charge in [-0.1, -0.05) is 88.1 Å². The Labute approximate surface area is 821 Å². The number of amides is 18. The lowest BCUT2D eigenvalue weighted by Crippen LogP contribution is -2.61. The van der Waals surface area contributed by atoms with Crippen LogP contribution in [0.2, 0.25) is 0 Å². The Morgan fingerprint density at radius 2 is 1.09 bits per heavy atom. The lowest BCUT2D eigenvalue weighted by Gasteiger charge is -2.36. The average Bonchev–Trinajstić information content (AvgIpc) is 1.59. The number of aromatic nitrogens is 4. The number of fused-ring (bicyclic) bond motifs is 4. The maximum absolute atomic E-state index is 16.1. The fourth-order valence-corrected chi connectivity index (χ4v) is 18.3. The van der Waals surface area contributed by atoms with E-state index in [4.69, 9.17) is 22.9 Å². The zero-order chi connectivity index (χ0) is 104. The number of carbonyl (C=O) groups is 20. The largest absolute Gasteiger partial charge is 0.508 e. The summed E-state index contributed by atoms with van der Waals surface area (Å²) in [6, 6.07) is -4.25. The highest BCUT2D eigenvalue weighted by atomic mass is 32.2. The molecule has 770 valence electrons. The zero-order valence-corrected chi connectivity index (χ0v) is 80.8. The number of rotatable bonds is 31. The Balaban J connectivity index is 1.14. The molecule has 3 aliphatic heterocycles. The number of thioether (sulfide) groups is 1. The number of aliphatic hydroxyl groups excluding tert-OH is 1. The number of unbranched alkanes of at least 4 members (excludes halogenated alkanes) is 3. The fourth-order valence-electron chi connectivity index (χ4n) is 17.4. The molecule has 142 heavy (non-hydrogen) atoms. The molecule has 3 aliphatic rings. The molecule has 0 bridgehead atoms. The summed E-state index contributed by atoms with van der Waals surface area (Å²) in [5, 5.41) is 69.1. The normalized spacial score (nSPS) is 24.1. The Kier molecular flexibility index (Phi) is 41.6. The number of para-hydroxylation sites is 2. The summed E-state index contributed by atoms with van der Waals surface area (Å²) in [4.78, 5) is 305. The van der Waals surface area contributed by atoms with Crippen LogP contribution in [0.5, 0.6) is 5.75 Å². The molecule has 48 heteroatoms. The number of primary amides is 3. The van der Waals surface area contributed by atoms with E-state index in [0.29, 0.717) is 63.1 Å². The number of aromatic hydroxyl groups is 1. The van der Waals surface area contributed by atoms with Crippen LogP contribution in [-0.2, 0) is 128 Å². The van der Waals surface area contributed by atoms with Gasteiger partial charge in [0.05, 0.1) is 31.1 Å². The van der Waals surface area contributed by atoms with Crippen LogP contribution in [0, 0.1) is 0 Å². The molecule has 3 saturated heterocycles. The first-order chi connectivity index (χ1) is 67.6. The van der Waals surface area contributed by atoms with Gasteiger partial charge in [0.1, 0.15) is 96.9 Å². The van der Waals surface area contributed by atoms with Crippen LogP contribution in [0.3, 0.4) is 0 Å². The van der Waals surface area contributed by atoms with Gasteiger partial charge in [-0.3, -0.25) is 95.9 Å². The molecule has 3 aromatic carbocycles. The third-order valence-corrected chi connectivity index (χ3v) is 26.3. The van der Waals surface area contributed by atoms with Gasteiger partial charge in [-0.15, -0.1) is 11.8 Å². The lowest BCUT2D eigenvalue weighted by atomic mass is 9.99. The van der Waals surface area contributed by atoms with Crippen molar-refractivity contribution in [3.05, 3.63) is 120 Å². The minimum absolute atomic E-state index is 0.0825. The Morgan fingerprint density at radius 1 is 0.521 bits per heavy atom. The molecule has 0 aliphatic carbocycles. The number of benzene rings is 3. The van der Waals surface area contributed by atoms with Crippen molar-refractivity contribution in [2.45, 2.75) is 253 Å². The van der Waals surface area contributed by atoms with Crippen LogP contribution in [0.25, 0.3) is 21.8 Å². The van der Waals surface area contributed by atoms with Gasteiger partial charge in [0.15, 0.2) is 0 Å². The van der Waals surface area contributed by atoms with E-state index in [1.54, 1.807) is 68.6 Å². The van der Waals surface area contributed by atoms with Crippen molar-refractivity contribution in [2.75, 3.05) is 58.8 Å². The van der Waals surface area contributed by atoms with Crippen LogP contribution in [0.15, 0.2) is 97.7 Å². The number of carbonyl (C=O) groups excluding carboxylic acids is 18. The highest BCUT2D eigenvalue weighted by Crippen LogP contribution is 2.29. The monoisotopic (exact) mass is 2000 g/mol. The molecule has 6 aromatic rings. The molecule has 47 nitrogen and oxygen atoms in total. The SMILES string of the molecule is CCCC[C@H]1C(=O)N(C)[C@@H](CCCC)C(=O)N[C@@H](CCC(=O)O)C(=O)N[C@H](C(=O)NCC(N)=O)CSCC(=O)N[C@@H](Cc2ccc(O)cc2)C(=O)N(C)[C@@H](C)C(=O)N[C@@H](CC(N)=O)C(=O)N2CCC[C@H]2C(=O)N[C@@H](Cc2cnc[nH]2)C(=O)N[C@@H](CCC(N)=O)C(=O)N2C[C@H](O)C[C@H]2C(=O)N[C@@H](Cc2c[nH]c3ccccc23)C(=O)N[C@@H](CCCCN)C(=O)N[C@@H](Cc2cn(CC(=O)O)c3ccccc23)C(=O)N1C. The molecule has 24 N–H and O–H groups in total. The van der Waals surface area contributed by atoms with Crippen molar-refractivity contribution in [3.8, 4) is 5.75 Å². The summed E-state index contributed by atoms with van der Waals surface area (Å²) in [7, 11) is 3.73. The van der Waals surface area contributed by atoms with Crippen molar-refractivity contribution >= 4 is 152 Å². The van der Waals surface area contributed by atoms with E-state index in [0.717, 1.165) is 24.5 Å². The molecule has 9 rings (SSSR count). The summed E-state index contributed by atoms with van der Waals surface area (Å²) in [5.41, 5.74) is 25.2. The number of imidazole rings is 1. The van der Waals surface area contributed by atoms with Crippen LogP contribution < -0.4 is 76.1 Å². The molecule has 3 aromatic heterocycles. The van der Waals surface area contributed by atoms with Crippen LogP contribution in [-0.4, -0.2) is 332 Å². The number of phenols is 1. The Bertz CT molecular complexity index is 5540. The number of aromatic amines is 2. The lowest BCUT2D eigenvalue weighted by molar-refractivity contribution is -0.149. The van der Waals surface area contributed by atoms with Crippen molar-refractivity contribution in [3.63, 3.8) is 0 Å². The summed E-state index contributed by atoms with van der Waals surface area (Å²) in [6.45, 7) is 2.78. The van der Waals surface area contributed by atoms with E-state index in [2.05, 4.69) is 68.1 Å². The first kappa shape index (κ1) is 111. The molecular weight excluding hydrogens is 1870 g/mol. The molecule has 3 fully saturated rings. The first-order valence-corrected chi connectivity index (χ1v) is 48.3. The molecule has 0 spiro atoms. The van der Waals surface area contributed by atoms with Crippen molar-refractivity contribution < 1.29 is 116 Å². The number of hydrogen-bond donors (Lipinski definition) is 20. The maximum Gasteiger partial charge on any atom is 0.323 e. The number of nitrogens with one attached hydrogen (secondary N) is 12. The second-order valence-electron chi connectivity index (χ2n) is 35.7. The van der Waals surface area contributed by atoms with E-state index in [-0.39, 0.29) is 95.2 Å². The van der Waals surface area contributed by atoms with Gasteiger partial charge in [0.2, 0.25) is 106 Å². The third kappa shape index (κ3) is 31.2. The second-order valence-corrected chi connectivity index (χ2v) is 36.8. The topological polar surface area (TPSA) is 712 Å². The minimum Gasteiger partial charge on any atom is -0.508 e. The number of phenolic OH excluding ortho intramolecular Hbond substituents is 1. The number of aliphatic hydroxyl groups is 1. The van der Waals surface area contributed by atoms with Crippen LogP contribution in [0.1, 0.15) is 152 Å². The van der Waals surface area contributed by atoms with Gasteiger partial charge in [0.25, 0.3) is 0 Å². The predicted octanol–water partition coefficient (Wildman–Crippen LogP) is -3.41. The van der Waals surface area contributed by atoms with Gasteiger partial charge in [-0.05, 0) is 112 Å². The minimum atomic E-state index is -1.84. The maximum atomic E-state index is 16.1. The van der Waals surface area contributed by atoms with Crippen molar-refractivity contribution in [1.29, 1.82) is 0 Å². The number of likely N-dealkylation sites (N-methyl/N-ethyl adjacent to an activating group) is 3. The Hall–Kier alpha value is -14.6. The quantitative estimate of drug-likeness (QED) is 0.0189. The van der Waals surface area contributed by atoms with Gasteiger partial charge in [-0.25, -0.2) is 4.98 Å². The number of aliphatic carboxylic acids is 2. The van der Waals surface area contributed by atoms with Gasteiger partial charge < -0.3 is 136 Å². The highest BCUT2D eigenvalue weighted by Gasteiger charge is 2.47. The summed E-state index contributed by atoms with van der Waals surface area (Å²) in [6.07, 6.45) is 0.107. The molecule has 6 heterocycles. The van der Waals surface area contributed by atoms with E-state index in [9.17, 15) is 78.0 Å². The van der Waals surface area contributed by atoms with E-state index in [1.165, 1.54) is 75.6 Å². The number of nitrogens with zero attached hydrogens (tertiary/aromatic N) is 7. The molecule has 0 radical (unpaired) electrons. The van der Waals surface area contributed by atoms with Crippen LogP contribution >= 0.6 is 11.8 Å². The van der Waals surface area contributed by atoms with Crippen molar-refractivity contribution in [1.82, 2.24) is 97.2 Å². The Morgan fingerprint density at radius 3 is 1.74 bits per heavy atom. The van der Waals surface area contributed by atoms with Gasteiger partial charge >= 0.3 is 11.9 Å². The van der Waals surface area contributed by atoms with Crippen LogP contribution in [0.4, 0.5) is 0 Å². The standard InChI is InChI=1S/C94H129N23O24S/c1-7-9-22-71-87(134)105-62(31-33-79(124)125)84(131)111-69(82(129)101-44-77(98)122)48-142-49-78(123)103-66(36-52-26-28-56(118)29-27-52)90(137)112(4)51(3)81(128)109-68(41-76(97)121)93(140)116-35-17-25-72(116)88(135)108-65(39-55-43-99-50-102-55)86(133)106-63(30-32-75(96)120)92(139)117-46-57(119)40-74(117)89(136)107-64(37-53-42-100-60-20-13-11-18-58(53)60)85(132)104-61(21-15-16-34-95)83(130)110-67(91(138)114(6)73(23-10-8-2)94(141)113(71)5)38-54-45-115(47-80(126)127)70-24-14-12-19-59(54)70/h11-14,18-20,24,26-29,42-43,45,50-51,57,61-69,71-74,100,118-119H,7-10,15-17,21-23,25,30-41,44,46-49,95H2,1-6H3,(H2,96,120)(H2,97,121)(H2,98,122)(H,99,102)(H,101,129)(H,103,123)(H,104,132)(H,105,134)(H,106,133)(H,107,136)(H,108,135)(H,109,128)(H,110,130)(H,111,131)(H,124,125)(H,126,127)/t51-,57+,61-,62-,63-,64-,65-,66-,67-,68-,69-,71-,72-,73-,74-/m0/s1. The molecular formula is C94H129N23O24S. The smallest absolute Gasteiger partial charge is 0.323 e. The summed E-state index contributed by atoms with van der Waals surface area (Å²) < 4.78 is 1.41. The first-order valence-electron chi connectivity index (χ1n) is 47.1. The van der Waals surface area contributed by atoms with E-state index < -0.39 is 291 Å². The number of H-pyrrole nitrogens is 2. The summed E-state index contributed by atoms with van der Waals surface area (Å²) >= 11 is 0.687. The van der Waals surface area contributed by atoms with Gasteiger partial charge in [0, 0.05) is 131 Å². The zero-order valence-electron chi connectivity index (χ0n) is 80.0. The van der Waals surface area contributed by atoms with Gasteiger partial charge in [-0.2, -0.15) is 0 Å². The number of nitrogens with two attached hydrogens (primary N) is 4. The second kappa shape index (κ2) is 53.2. The predicted molar refractivity (Wildman–Crippen MR) is 514 cm³/mol. The van der Waals surface area contributed by atoms with Crippen molar-refractivity contribution in [2.24, 2.45) is 22.9 Å². The molecule has 15 atom stereocenters. The summed E-state index contributed by atoms with van der Waals surface area (Å²) in [5.74, 6) is -22.4. The third-order valence-electron chi connectivity index (χ3n) is 25.2. The number of carboxylic acid groups (broad SMARTS) is 2. The number of carboxylic acids is 2. The highest BCUT2D eigenvalue weighted by molar-refractivity contribution is 8.00. The molecule has 0 unspecified atom stereocenters. The molecule has 18 amide bonds.